The number of aromatic nitrogens is 1. The molecule has 0 aliphatic rings. The predicted molar refractivity (Wildman–Crippen MR) is 71.7 cm³/mol. The van der Waals surface area contributed by atoms with Gasteiger partial charge in [0.2, 0.25) is 0 Å². The molecule has 0 spiro atoms. The Labute approximate surface area is 114 Å². The van der Waals surface area contributed by atoms with Crippen LogP contribution >= 0.6 is 15.9 Å². The van der Waals surface area contributed by atoms with Gasteiger partial charge in [0.05, 0.1) is 10.6 Å². The van der Waals surface area contributed by atoms with Crippen molar-refractivity contribution in [2.45, 2.75) is 18.9 Å². The van der Waals surface area contributed by atoms with Gasteiger partial charge in [-0.05, 0) is 39.7 Å². The van der Waals surface area contributed by atoms with Crippen LogP contribution in [0.5, 0.6) is 0 Å². The first kappa shape index (κ1) is 13.2. The maximum Gasteiger partial charge on any atom is 0.137 e. The molecular formula is C14H13BrFNO. The third-order valence-electron chi connectivity index (χ3n) is 2.93. The van der Waals surface area contributed by atoms with E-state index in [-0.39, 0.29) is 11.7 Å². The van der Waals surface area contributed by atoms with Gasteiger partial charge in [-0.3, -0.25) is 4.98 Å². The second-order valence-electron chi connectivity index (χ2n) is 4.13. The third-order valence-corrected chi connectivity index (χ3v) is 3.76. The minimum absolute atomic E-state index is 0.204. The van der Waals surface area contributed by atoms with Crippen LogP contribution in [0, 0.1) is 5.82 Å². The fraction of sp³-hybridized carbons (Fsp3) is 0.214. The molecule has 1 aromatic heterocycles. The molecule has 0 bridgehead atoms. The Kier molecular flexibility index (Phi) is 4.09. The molecule has 1 heterocycles. The second kappa shape index (κ2) is 5.59. The van der Waals surface area contributed by atoms with Crippen LogP contribution in [-0.4, -0.2) is 10.1 Å². The summed E-state index contributed by atoms with van der Waals surface area (Å²) >= 11 is 3.17. The smallest absolute Gasteiger partial charge is 0.137 e. The van der Waals surface area contributed by atoms with Gasteiger partial charge in [0.25, 0.3) is 0 Å². The summed E-state index contributed by atoms with van der Waals surface area (Å²) in [5.41, 5.74) is 1.31. The molecule has 1 N–H and O–H groups in total. The molecule has 2 atom stereocenters. The minimum atomic E-state index is -0.801. The lowest BCUT2D eigenvalue weighted by atomic mass is 9.94. The molecule has 0 amide bonds. The molecule has 0 aliphatic carbocycles. The number of halogens is 2. The van der Waals surface area contributed by atoms with E-state index in [2.05, 4.69) is 20.9 Å². The molecule has 4 heteroatoms. The summed E-state index contributed by atoms with van der Waals surface area (Å²) in [7, 11) is 0. The fourth-order valence-corrected chi connectivity index (χ4v) is 2.32. The number of nitrogens with zero attached hydrogens (tertiary/aromatic N) is 1. The van der Waals surface area contributed by atoms with Crippen LogP contribution < -0.4 is 0 Å². The lowest BCUT2D eigenvalue weighted by Crippen LogP contribution is -2.10. The quantitative estimate of drug-likeness (QED) is 0.935. The Balaban J connectivity index is 2.31. The maximum atomic E-state index is 13.4. The summed E-state index contributed by atoms with van der Waals surface area (Å²) in [5, 5.41) is 10.3. The van der Waals surface area contributed by atoms with E-state index in [0.29, 0.717) is 10.0 Å². The van der Waals surface area contributed by atoms with Gasteiger partial charge in [0.15, 0.2) is 0 Å². The van der Waals surface area contributed by atoms with Gasteiger partial charge in [-0.1, -0.05) is 25.1 Å². The Morgan fingerprint density at radius 3 is 2.67 bits per heavy atom. The zero-order chi connectivity index (χ0) is 13.1. The fourth-order valence-electron chi connectivity index (χ4n) is 1.83. The van der Waals surface area contributed by atoms with Gasteiger partial charge in [-0.15, -0.1) is 0 Å². The lowest BCUT2D eigenvalue weighted by molar-refractivity contribution is 0.149. The third kappa shape index (κ3) is 2.60. The molecule has 0 aliphatic heterocycles. The summed E-state index contributed by atoms with van der Waals surface area (Å²) in [6.07, 6.45) is 0.879. The van der Waals surface area contributed by atoms with Crippen LogP contribution in [0.25, 0.3) is 0 Å². The van der Waals surface area contributed by atoms with Gasteiger partial charge in [-0.25, -0.2) is 4.39 Å². The van der Waals surface area contributed by atoms with Crippen molar-refractivity contribution < 1.29 is 9.50 Å². The number of aliphatic hydroxyl groups excluding tert-OH is 1. The van der Waals surface area contributed by atoms with Crippen LogP contribution in [0.3, 0.4) is 0 Å². The van der Waals surface area contributed by atoms with Gasteiger partial charge in [0.1, 0.15) is 5.82 Å². The molecule has 2 nitrogen and oxygen atoms in total. The van der Waals surface area contributed by atoms with Crippen molar-refractivity contribution in [2.75, 3.05) is 0 Å². The van der Waals surface area contributed by atoms with Crippen molar-refractivity contribution in [3.8, 4) is 0 Å². The van der Waals surface area contributed by atoms with Crippen LogP contribution in [-0.2, 0) is 0 Å². The minimum Gasteiger partial charge on any atom is -0.388 e. The van der Waals surface area contributed by atoms with Crippen molar-refractivity contribution in [1.82, 2.24) is 4.98 Å². The summed E-state index contributed by atoms with van der Waals surface area (Å²) < 4.78 is 13.7. The van der Waals surface area contributed by atoms with Crippen molar-refractivity contribution in [2.24, 2.45) is 0 Å². The van der Waals surface area contributed by atoms with E-state index in [4.69, 9.17) is 0 Å². The molecule has 1 aromatic carbocycles. The number of hydrogen-bond acceptors (Lipinski definition) is 2. The molecule has 2 aromatic rings. The van der Waals surface area contributed by atoms with Gasteiger partial charge in [0, 0.05) is 17.8 Å². The summed E-state index contributed by atoms with van der Waals surface area (Å²) in [6, 6.07) is 10.2. The van der Waals surface area contributed by atoms with E-state index >= 15 is 0 Å². The predicted octanol–water partition coefficient (Wildman–Crippen LogP) is 3.82. The molecular weight excluding hydrogens is 297 g/mol. The number of benzene rings is 1. The Hall–Kier alpha value is -1.26. The molecule has 94 valence electrons. The van der Waals surface area contributed by atoms with Crippen molar-refractivity contribution in [3.63, 3.8) is 0 Å². The lowest BCUT2D eigenvalue weighted by Gasteiger charge is -2.20. The number of pyridine rings is 1. The molecule has 0 saturated carbocycles. The van der Waals surface area contributed by atoms with E-state index in [1.54, 1.807) is 18.3 Å². The first-order valence-electron chi connectivity index (χ1n) is 5.64. The Morgan fingerprint density at radius 1 is 1.22 bits per heavy atom. The summed E-state index contributed by atoms with van der Waals surface area (Å²) in [6.45, 7) is 1.87. The summed E-state index contributed by atoms with van der Waals surface area (Å²) in [5.74, 6) is -0.580. The zero-order valence-corrected chi connectivity index (χ0v) is 11.4. The van der Waals surface area contributed by atoms with Gasteiger partial charge < -0.3 is 5.11 Å². The number of aliphatic hydroxyl groups is 1. The average Bonchev–Trinajstić information content (AvgIpc) is 2.41. The first-order chi connectivity index (χ1) is 8.61. The standard InChI is InChI=1S/C14H13BrFNO/c1-9(12-7-2-3-8-17-12)14(18)10-5-4-6-11(16)13(10)15/h2-9,14,18H,1H3. The Morgan fingerprint density at radius 2 is 2.00 bits per heavy atom. The highest BCUT2D eigenvalue weighted by Gasteiger charge is 2.22. The highest BCUT2D eigenvalue weighted by molar-refractivity contribution is 9.10. The van der Waals surface area contributed by atoms with Crippen LogP contribution in [0.15, 0.2) is 47.1 Å². The first-order valence-corrected chi connectivity index (χ1v) is 6.43. The average molecular weight is 310 g/mol. The van der Waals surface area contributed by atoms with Crippen molar-refractivity contribution >= 4 is 15.9 Å². The van der Waals surface area contributed by atoms with Crippen LogP contribution in [0.1, 0.15) is 30.2 Å². The van der Waals surface area contributed by atoms with Crippen molar-refractivity contribution in [3.05, 3.63) is 64.1 Å². The molecule has 0 saturated heterocycles. The van der Waals surface area contributed by atoms with E-state index in [1.165, 1.54) is 6.07 Å². The summed E-state index contributed by atoms with van der Waals surface area (Å²) in [4.78, 5) is 4.21. The van der Waals surface area contributed by atoms with Gasteiger partial charge in [-0.2, -0.15) is 0 Å². The zero-order valence-electron chi connectivity index (χ0n) is 9.85. The number of hydrogen-bond donors (Lipinski definition) is 1. The topological polar surface area (TPSA) is 33.1 Å². The molecule has 18 heavy (non-hydrogen) atoms. The molecule has 2 unspecified atom stereocenters. The maximum absolute atomic E-state index is 13.4. The largest absolute Gasteiger partial charge is 0.388 e. The molecule has 0 radical (unpaired) electrons. The van der Waals surface area contributed by atoms with Crippen LogP contribution in [0.2, 0.25) is 0 Å². The van der Waals surface area contributed by atoms with Crippen molar-refractivity contribution in [1.29, 1.82) is 0 Å². The number of rotatable bonds is 3. The highest BCUT2D eigenvalue weighted by Crippen LogP contribution is 2.34. The second-order valence-corrected chi connectivity index (χ2v) is 4.92. The molecule has 0 fully saturated rings. The van der Waals surface area contributed by atoms with Crippen LogP contribution in [0.4, 0.5) is 4.39 Å². The van der Waals surface area contributed by atoms with E-state index in [1.807, 2.05) is 25.1 Å². The SMILES string of the molecule is CC(c1ccccn1)C(O)c1cccc(F)c1Br. The van der Waals surface area contributed by atoms with Gasteiger partial charge >= 0.3 is 0 Å². The monoisotopic (exact) mass is 309 g/mol. The van der Waals surface area contributed by atoms with E-state index in [0.717, 1.165) is 5.69 Å². The van der Waals surface area contributed by atoms with E-state index in [9.17, 15) is 9.50 Å². The molecule has 2 rings (SSSR count). The van der Waals surface area contributed by atoms with E-state index < -0.39 is 6.10 Å². The normalized spacial score (nSPS) is 14.2. The highest BCUT2D eigenvalue weighted by atomic mass is 79.9. The Bertz CT molecular complexity index is 533.